The number of non-ortho nitro benzene ring substituents is 1. The van der Waals surface area contributed by atoms with Crippen LogP contribution in [0.4, 0.5) is 5.69 Å². The van der Waals surface area contributed by atoms with Crippen LogP contribution in [0.25, 0.3) is 0 Å². The van der Waals surface area contributed by atoms with E-state index < -0.39 is 4.92 Å². The van der Waals surface area contributed by atoms with Crippen LogP contribution < -0.4 is 10.2 Å². The molecule has 0 aliphatic heterocycles. The quantitative estimate of drug-likeness (QED) is 0.173. The van der Waals surface area contributed by atoms with Crippen molar-refractivity contribution in [1.29, 1.82) is 0 Å². The number of thioether (sulfide) groups is 1. The van der Waals surface area contributed by atoms with Gasteiger partial charge in [0.05, 0.1) is 16.9 Å². The number of ether oxygens (including phenoxy) is 1. The number of nitro benzene ring substituents is 1. The molecule has 1 heterocycles. The Balaban J connectivity index is 1.43. The van der Waals surface area contributed by atoms with Gasteiger partial charge in [-0.15, -0.1) is 0 Å². The maximum atomic E-state index is 12.0. The molecule has 1 N–H and O–H groups in total. The molecule has 32 heavy (non-hydrogen) atoms. The van der Waals surface area contributed by atoms with Gasteiger partial charge in [-0.05, 0) is 67.4 Å². The fraction of sp³-hybridized carbons (Fsp3) is 0.182. The Labute approximate surface area is 189 Å². The third-order valence-corrected chi connectivity index (χ3v) is 4.98. The highest BCUT2D eigenvalue weighted by Crippen LogP contribution is 2.16. The van der Waals surface area contributed by atoms with E-state index in [9.17, 15) is 14.9 Å². The van der Waals surface area contributed by atoms with Gasteiger partial charge in [0.25, 0.3) is 11.6 Å². The van der Waals surface area contributed by atoms with Gasteiger partial charge in [-0.2, -0.15) is 5.10 Å². The summed E-state index contributed by atoms with van der Waals surface area (Å²) in [4.78, 5) is 30.8. The molecule has 0 spiro atoms. The number of hydrazone groups is 1. The SMILES string of the molecule is Cc1cc(C)nc(SCC(=O)N/N=C\c2ccc(OCc3ccc([N+](=O)[O-])cc3)cc2)n1. The average Bonchev–Trinajstić information content (AvgIpc) is 2.77. The lowest BCUT2D eigenvalue weighted by Gasteiger charge is -2.06. The predicted octanol–water partition coefficient (Wildman–Crippen LogP) is 3.82. The van der Waals surface area contributed by atoms with Crippen molar-refractivity contribution < 1.29 is 14.5 Å². The number of nitrogens with zero attached hydrogens (tertiary/aromatic N) is 4. The summed E-state index contributed by atoms with van der Waals surface area (Å²) < 4.78 is 5.68. The summed E-state index contributed by atoms with van der Waals surface area (Å²) in [5.74, 6) is 0.557. The molecule has 0 fully saturated rings. The Morgan fingerprint density at radius 2 is 1.78 bits per heavy atom. The van der Waals surface area contributed by atoms with E-state index in [-0.39, 0.29) is 17.3 Å². The van der Waals surface area contributed by atoms with Gasteiger partial charge in [-0.25, -0.2) is 15.4 Å². The molecule has 0 aliphatic rings. The van der Waals surface area contributed by atoms with Crippen molar-refractivity contribution in [1.82, 2.24) is 15.4 Å². The second-order valence-electron chi connectivity index (χ2n) is 6.80. The van der Waals surface area contributed by atoms with Gasteiger partial charge in [0.15, 0.2) is 5.16 Å². The van der Waals surface area contributed by atoms with Crippen molar-refractivity contribution >= 4 is 29.6 Å². The fourth-order valence-electron chi connectivity index (χ4n) is 2.63. The molecule has 164 valence electrons. The molecule has 0 saturated heterocycles. The predicted molar refractivity (Wildman–Crippen MR) is 122 cm³/mol. The molecular weight excluding hydrogens is 430 g/mol. The first-order valence-corrected chi connectivity index (χ1v) is 10.6. The van der Waals surface area contributed by atoms with E-state index in [4.69, 9.17) is 4.74 Å². The van der Waals surface area contributed by atoms with E-state index in [1.165, 1.54) is 30.1 Å². The first-order chi connectivity index (χ1) is 15.4. The maximum Gasteiger partial charge on any atom is 0.269 e. The molecule has 2 aromatic carbocycles. The molecule has 1 amide bonds. The first-order valence-electron chi connectivity index (χ1n) is 9.62. The van der Waals surface area contributed by atoms with Crippen LogP contribution in [-0.2, 0) is 11.4 Å². The summed E-state index contributed by atoms with van der Waals surface area (Å²) in [6, 6.07) is 15.3. The van der Waals surface area contributed by atoms with E-state index in [0.29, 0.717) is 17.5 Å². The van der Waals surface area contributed by atoms with Gasteiger partial charge in [-0.3, -0.25) is 14.9 Å². The monoisotopic (exact) mass is 451 g/mol. The molecule has 0 radical (unpaired) electrons. The average molecular weight is 452 g/mol. The summed E-state index contributed by atoms with van der Waals surface area (Å²) in [5.41, 5.74) is 5.86. The normalized spacial score (nSPS) is 10.8. The fourth-order valence-corrected chi connectivity index (χ4v) is 3.37. The Hall–Kier alpha value is -3.79. The lowest BCUT2D eigenvalue weighted by atomic mass is 10.2. The zero-order valence-corrected chi connectivity index (χ0v) is 18.3. The number of aryl methyl sites for hydroxylation is 2. The number of benzene rings is 2. The van der Waals surface area contributed by atoms with Gasteiger partial charge in [0, 0.05) is 23.5 Å². The number of amides is 1. The minimum absolute atomic E-state index is 0.0432. The molecule has 1 aromatic heterocycles. The van der Waals surface area contributed by atoms with E-state index in [2.05, 4.69) is 20.5 Å². The highest BCUT2D eigenvalue weighted by Gasteiger charge is 2.06. The molecule has 9 nitrogen and oxygen atoms in total. The van der Waals surface area contributed by atoms with Crippen LogP contribution in [0.3, 0.4) is 0 Å². The van der Waals surface area contributed by atoms with E-state index in [1.807, 2.05) is 19.9 Å². The molecule has 0 aliphatic carbocycles. The lowest BCUT2D eigenvalue weighted by Crippen LogP contribution is -2.19. The van der Waals surface area contributed by atoms with Crippen molar-refractivity contribution in [3.63, 3.8) is 0 Å². The molecule has 0 saturated carbocycles. The Morgan fingerprint density at radius 1 is 1.12 bits per heavy atom. The highest BCUT2D eigenvalue weighted by molar-refractivity contribution is 7.99. The van der Waals surface area contributed by atoms with Crippen LogP contribution in [0.2, 0.25) is 0 Å². The molecule has 10 heteroatoms. The first kappa shape index (κ1) is 22.9. The van der Waals surface area contributed by atoms with Crippen molar-refractivity contribution in [3.8, 4) is 5.75 Å². The molecule has 0 atom stereocenters. The van der Waals surface area contributed by atoms with Crippen LogP contribution in [0.5, 0.6) is 5.75 Å². The van der Waals surface area contributed by atoms with Crippen LogP contribution in [0.1, 0.15) is 22.5 Å². The second-order valence-corrected chi connectivity index (χ2v) is 7.74. The van der Waals surface area contributed by atoms with Gasteiger partial charge >= 0.3 is 0 Å². The smallest absolute Gasteiger partial charge is 0.269 e. The number of carbonyl (C=O) groups is 1. The van der Waals surface area contributed by atoms with Crippen molar-refractivity contribution in [2.75, 3.05) is 5.75 Å². The van der Waals surface area contributed by atoms with Crippen molar-refractivity contribution in [2.24, 2.45) is 5.10 Å². The van der Waals surface area contributed by atoms with E-state index in [0.717, 1.165) is 22.5 Å². The minimum Gasteiger partial charge on any atom is -0.489 e. The number of nitrogens with one attached hydrogen (secondary N) is 1. The minimum atomic E-state index is -0.439. The lowest BCUT2D eigenvalue weighted by molar-refractivity contribution is -0.384. The molecule has 0 unspecified atom stereocenters. The maximum absolute atomic E-state index is 12.0. The summed E-state index contributed by atoms with van der Waals surface area (Å²) in [6.07, 6.45) is 1.54. The number of carbonyl (C=O) groups excluding carboxylic acids is 1. The number of hydrogen-bond acceptors (Lipinski definition) is 8. The number of aromatic nitrogens is 2. The molecule has 3 aromatic rings. The zero-order valence-electron chi connectivity index (χ0n) is 17.5. The topological polar surface area (TPSA) is 120 Å². The van der Waals surface area contributed by atoms with Crippen LogP contribution in [-0.4, -0.2) is 32.8 Å². The second kappa shape index (κ2) is 11.0. The third kappa shape index (κ3) is 7.17. The zero-order chi connectivity index (χ0) is 22.9. The van der Waals surface area contributed by atoms with Crippen molar-refractivity contribution in [2.45, 2.75) is 25.6 Å². The van der Waals surface area contributed by atoms with E-state index >= 15 is 0 Å². The standard InChI is InChI=1S/C22H21N5O4S/c1-15-11-16(2)25-22(24-15)32-14-21(28)26-23-12-17-5-9-20(10-6-17)31-13-18-3-7-19(8-4-18)27(29)30/h3-12H,13-14H2,1-2H3,(H,26,28)/b23-12-. The van der Waals surface area contributed by atoms with Gasteiger partial charge in [0.2, 0.25) is 0 Å². The van der Waals surface area contributed by atoms with Gasteiger partial charge in [0.1, 0.15) is 12.4 Å². The Bertz CT molecular complexity index is 1100. The van der Waals surface area contributed by atoms with Crippen LogP contribution in [0.15, 0.2) is 64.9 Å². The number of nitro groups is 1. The summed E-state index contributed by atoms with van der Waals surface area (Å²) in [6.45, 7) is 4.06. The van der Waals surface area contributed by atoms with Gasteiger partial charge in [-0.1, -0.05) is 11.8 Å². The van der Waals surface area contributed by atoms with Crippen LogP contribution in [0, 0.1) is 24.0 Å². The molecule has 0 bridgehead atoms. The molecule has 3 rings (SSSR count). The van der Waals surface area contributed by atoms with Gasteiger partial charge < -0.3 is 4.74 Å². The number of hydrogen-bond donors (Lipinski definition) is 1. The van der Waals surface area contributed by atoms with E-state index in [1.54, 1.807) is 36.4 Å². The van der Waals surface area contributed by atoms with Crippen molar-refractivity contribution in [3.05, 3.63) is 87.2 Å². The summed E-state index contributed by atoms with van der Waals surface area (Å²) in [7, 11) is 0. The third-order valence-electron chi connectivity index (χ3n) is 4.13. The largest absolute Gasteiger partial charge is 0.489 e. The number of rotatable bonds is 9. The molecular formula is C22H21N5O4S. The Kier molecular flexibility index (Phi) is 7.87. The highest BCUT2D eigenvalue weighted by atomic mass is 32.2. The van der Waals surface area contributed by atoms with Crippen LogP contribution >= 0.6 is 11.8 Å². The summed E-state index contributed by atoms with van der Waals surface area (Å²) >= 11 is 1.25. The Morgan fingerprint density at radius 3 is 2.41 bits per heavy atom. The summed E-state index contributed by atoms with van der Waals surface area (Å²) in [5, 5.41) is 15.2.